The fourth-order valence-electron chi connectivity index (χ4n) is 2.04. The van der Waals surface area contributed by atoms with Crippen LogP contribution in [0, 0.1) is 0 Å². The van der Waals surface area contributed by atoms with Gasteiger partial charge in [0.05, 0.1) is 0 Å². The van der Waals surface area contributed by atoms with Gasteiger partial charge in [-0.25, -0.2) is 0 Å². The van der Waals surface area contributed by atoms with Crippen LogP contribution in [0.2, 0.25) is 0 Å². The molecule has 1 saturated heterocycles. The van der Waals surface area contributed by atoms with Crippen molar-refractivity contribution in [2.45, 2.75) is 19.3 Å². The molecule has 0 unspecified atom stereocenters. The van der Waals surface area contributed by atoms with Crippen molar-refractivity contribution in [3.8, 4) is 5.75 Å². The molecule has 18 heavy (non-hydrogen) atoms. The van der Waals surface area contributed by atoms with Crippen molar-refractivity contribution >= 4 is 5.69 Å². The van der Waals surface area contributed by atoms with E-state index in [1.54, 1.807) is 12.1 Å². The van der Waals surface area contributed by atoms with Crippen LogP contribution in [-0.4, -0.2) is 32.0 Å². The van der Waals surface area contributed by atoms with Gasteiger partial charge in [-0.1, -0.05) is 6.07 Å². The summed E-state index contributed by atoms with van der Waals surface area (Å²) in [6.45, 7) is 4.42. The van der Waals surface area contributed by atoms with Crippen LogP contribution >= 0.6 is 0 Å². The van der Waals surface area contributed by atoms with Gasteiger partial charge in [0.1, 0.15) is 5.75 Å². The first-order valence-corrected chi connectivity index (χ1v) is 5.78. The van der Waals surface area contributed by atoms with Crippen LogP contribution in [0.5, 0.6) is 5.75 Å². The second kappa shape index (κ2) is 5.06. The van der Waals surface area contributed by atoms with Gasteiger partial charge in [0.2, 0.25) is 0 Å². The first-order valence-electron chi connectivity index (χ1n) is 5.78. The first-order chi connectivity index (χ1) is 8.44. The first kappa shape index (κ1) is 13.0. The molecule has 0 aromatic heterocycles. The van der Waals surface area contributed by atoms with Gasteiger partial charge in [-0.05, 0) is 19.1 Å². The van der Waals surface area contributed by atoms with E-state index in [-0.39, 0.29) is 5.75 Å². The minimum atomic E-state index is -4.64. The molecular weight excluding hydrogens is 245 g/mol. The van der Waals surface area contributed by atoms with Crippen LogP contribution in [0.1, 0.15) is 6.92 Å². The molecule has 1 heterocycles. The Morgan fingerprint density at radius 2 is 2.17 bits per heavy atom. The standard InChI is InChI=1S/C12H15F3N2O/c1-9-8-17(6-5-16-9)10-3-2-4-11(7-10)18-12(13,14)15/h2-4,7,9,16H,5-6,8H2,1H3/t9-/m1/s1. The third-order valence-electron chi connectivity index (χ3n) is 2.79. The third-order valence-corrected chi connectivity index (χ3v) is 2.79. The maximum atomic E-state index is 12.1. The number of halogens is 3. The fourth-order valence-corrected chi connectivity index (χ4v) is 2.04. The summed E-state index contributed by atoms with van der Waals surface area (Å²) < 4.78 is 40.3. The summed E-state index contributed by atoms with van der Waals surface area (Å²) in [5.41, 5.74) is 0.755. The summed E-state index contributed by atoms with van der Waals surface area (Å²) in [5.74, 6) is -0.175. The molecule has 1 fully saturated rings. The summed E-state index contributed by atoms with van der Waals surface area (Å²) in [7, 11) is 0. The number of rotatable bonds is 2. The summed E-state index contributed by atoms with van der Waals surface area (Å²) in [6.07, 6.45) is -4.64. The molecular formula is C12H15F3N2O. The summed E-state index contributed by atoms with van der Waals surface area (Å²) in [5, 5.41) is 3.28. The second-order valence-corrected chi connectivity index (χ2v) is 4.35. The Bertz CT molecular complexity index is 409. The summed E-state index contributed by atoms with van der Waals surface area (Å²) >= 11 is 0. The number of benzene rings is 1. The molecule has 0 amide bonds. The van der Waals surface area contributed by atoms with Crippen LogP contribution in [0.4, 0.5) is 18.9 Å². The summed E-state index contributed by atoms with van der Waals surface area (Å²) in [6, 6.07) is 6.42. The Hall–Kier alpha value is -1.43. The number of alkyl halides is 3. The number of nitrogens with one attached hydrogen (secondary N) is 1. The Labute approximate surface area is 104 Å². The van der Waals surface area contributed by atoms with Gasteiger partial charge >= 0.3 is 6.36 Å². The highest BCUT2D eigenvalue weighted by Crippen LogP contribution is 2.27. The lowest BCUT2D eigenvalue weighted by molar-refractivity contribution is -0.274. The largest absolute Gasteiger partial charge is 0.573 e. The van der Waals surface area contributed by atoms with Crippen LogP contribution in [-0.2, 0) is 0 Å². The van der Waals surface area contributed by atoms with E-state index in [2.05, 4.69) is 10.1 Å². The molecule has 0 bridgehead atoms. The number of hydrogen-bond donors (Lipinski definition) is 1. The molecule has 1 aromatic rings. The van der Waals surface area contributed by atoms with Crippen molar-refractivity contribution in [2.75, 3.05) is 24.5 Å². The van der Waals surface area contributed by atoms with Crippen molar-refractivity contribution in [3.63, 3.8) is 0 Å². The lowest BCUT2D eigenvalue weighted by Crippen LogP contribution is -2.49. The normalized spacial score (nSPS) is 20.9. The molecule has 1 N–H and O–H groups in total. The third kappa shape index (κ3) is 3.53. The molecule has 1 aliphatic heterocycles. The quantitative estimate of drug-likeness (QED) is 0.883. The Kier molecular flexibility index (Phi) is 3.65. The van der Waals surface area contributed by atoms with Crippen LogP contribution in [0.25, 0.3) is 0 Å². The highest BCUT2D eigenvalue weighted by molar-refractivity contribution is 5.51. The van der Waals surface area contributed by atoms with Gasteiger partial charge in [-0.15, -0.1) is 13.2 Å². The average molecular weight is 260 g/mol. The number of ether oxygens (including phenoxy) is 1. The fraction of sp³-hybridized carbons (Fsp3) is 0.500. The van der Waals surface area contributed by atoms with Gasteiger partial charge in [0, 0.05) is 37.4 Å². The van der Waals surface area contributed by atoms with Gasteiger partial charge in [0.25, 0.3) is 0 Å². The molecule has 1 atom stereocenters. The Morgan fingerprint density at radius 1 is 1.39 bits per heavy atom. The molecule has 1 aliphatic rings. The number of hydrogen-bond acceptors (Lipinski definition) is 3. The van der Waals surface area contributed by atoms with E-state index >= 15 is 0 Å². The van der Waals surface area contributed by atoms with Gasteiger partial charge < -0.3 is 15.0 Å². The highest BCUT2D eigenvalue weighted by atomic mass is 19.4. The maximum Gasteiger partial charge on any atom is 0.573 e. The average Bonchev–Trinajstić information content (AvgIpc) is 2.27. The van der Waals surface area contributed by atoms with E-state index in [9.17, 15) is 13.2 Å². The van der Waals surface area contributed by atoms with Gasteiger partial charge in [0.15, 0.2) is 0 Å². The van der Waals surface area contributed by atoms with E-state index in [4.69, 9.17) is 0 Å². The Morgan fingerprint density at radius 3 is 2.83 bits per heavy atom. The molecule has 2 rings (SSSR count). The smallest absolute Gasteiger partial charge is 0.406 e. The molecule has 0 aliphatic carbocycles. The number of nitrogens with zero attached hydrogens (tertiary/aromatic N) is 1. The van der Waals surface area contributed by atoms with E-state index < -0.39 is 6.36 Å². The van der Waals surface area contributed by atoms with Crippen LogP contribution in [0.3, 0.4) is 0 Å². The van der Waals surface area contributed by atoms with E-state index in [1.807, 2.05) is 11.8 Å². The zero-order chi connectivity index (χ0) is 13.2. The predicted octanol–water partition coefficient (Wildman–Crippen LogP) is 2.38. The SMILES string of the molecule is C[C@@H]1CN(c2cccc(OC(F)(F)F)c2)CCN1. The lowest BCUT2D eigenvalue weighted by Gasteiger charge is -2.33. The molecule has 0 spiro atoms. The predicted molar refractivity (Wildman–Crippen MR) is 62.8 cm³/mol. The Balaban J connectivity index is 2.11. The van der Waals surface area contributed by atoms with E-state index in [0.29, 0.717) is 6.04 Å². The molecule has 1 aromatic carbocycles. The van der Waals surface area contributed by atoms with Crippen molar-refractivity contribution in [3.05, 3.63) is 24.3 Å². The lowest BCUT2D eigenvalue weighted by atomic mass is 10.2. The van der Waals surface area contributed by atoms with Crippen molar-refractivity contribution in [1.29, 1.82) is 0 Å². The molecule has 100 valence electrons. The highest BCUT2D eigenvalue weighted by Gasteiger charge is 2.31. The molecule has 0 saturated carbocycles. The van der Waals surface area contributed by atoms with Gasteiger partial charge in [-0.3, -0.25) is 0 Å². The topological polar surface area (TPSA) is 24.5 Å². The number of piperazine rings is 1. The molecule has 0 radical (unpaired) electrons. The minimum absolute atomic E-state index is 0.175. The molecule has 6 heteroatoms. The zero-order valence-corrected chi connectivity index (χ0v) is 10.00. The van der Waals surface area contributed by atoms with Crippen molar-refractivity contribution in [1.82, 2.24) is 5.32 Å². The van der Waals surface area contributed by atoms with E-state index in [0.717, 1.165) is 25.3 Å². The second-order valence-electron chi connectivity index (χ2n) is 4.35. The van der Waals surface area contributed by atoms with Gasteiger partial charge in [-0.2, -0.15) is 0 Å². The van der Waals surface area contributed by atoms with Crippen LogP contribution < -0.4 is 15.0 Å². The number of anilines is 1. The zero-order valence-electron chi connectivity index (χ0n) is 10.00. The van der Waals surface area contributed by atoms with Crippen molar-refractivity contribution < 1.29 is 17.9 Å². The summed E-state index contributed by atoms with van der Waals surface area (Å²) in [4.78, 5) is 2.05. The molecule has 3 nitrogen and oxygen atoms in total. The van der Waals surface area contributed by atoms with E-state index in [1.165, 1.54) is 12.1 Å². The van der Waals surface area contributed by atoms with Crippen molar-refractivity contribution in [2.24, 2.45) is 0 Å². The monoisotopic (exact) mass is 260 g/mol. The van der Waals surface area contributed by atoms with Crippen LogP contribution in [0.15, 0.2) is 24.3 Å². The minimum Gasteiger partial charge on any atom is -0.406 e. The maximum absolute atomic E-state index is 12.1.